The first-order valence-electron chi connectivity index (χ1n) is 7.12. The molecule has 0 aliphatic rings. The fraction of sp³-hybridized carbons (Fsp3) is 0.500. The molecule has 1 unspecified atom stereocenters. The van der Waals surface area contributed by atoms with Gasteiger partial charge in [-0.1, -0.05) is 13.8 Å². The normalized spacial score (nSPS) is 13.0. The summed E-state index contributed by atoms with van der Waals surface area (Å²) in [5, 5.41) is 32.8. The summed E-state index contributed by atoms with van der Waals surface area (Å²) in [6.45, 7) is 5.73. The molecule has 1 aromatic rings. The van der Waals surface area contributed by atoms with Gasteiger partial charge < -0.3 is 14.6 Å². The van der Waals surface area contributed by atoms with Crippen LogP contribution in [0.4, 0.5) is 11.4 Å². The van der Waals surface area contributed by atoms with E-state index in [2.05, 4.69) is 0 Å². The monoisotopic (exact) mass is 342 g/mol. The molecule has 0 aliphatic heterocycles. The minimum Gasteiger partial charge on any atom is -0.415 e. The van der Waals surface area contributed by atoms with E-state index in [0.29, 0.717) is 5.56 Å². The molecule has 1 atom stereocenters. The molecule has 0 fully saturated rings. The Balaban J connectivity index is 3.55. The maximum atomic E-state index is 11.4. The Kier molecular flexibility index (Phi) is 5.80. The predicted octanol–water partition coefficient (Wildman–Crippen LogP) is 2.51. The number of nitro groups is 2. The topological polar surface area (TPSA) is 142 Å². The van der Waals surface area contributed by atoms with Gasteiger partial charge in [0, 0.05) is 18.1 Å². The van der Waals surface area contributed by atoms with Crippen molar-refractivity contribution in [1.29, 1.82) is 0 Å². The van der Waals surface area contributed by atoms with Gasteiger partial charge in [0.2, 0.25) is 0 Å². The Morgan fingerprint density at radius 3 is 2.25 bits per heavy atom. The molecule has 1 N–H and O–H groups in total. The number of aryl methyl sites for hydroxylation is 1. The summed E-state index contributed by atoms with van der Waals surface area (Å²) < 4.78 is 9.80. The fourth-order valence-electron chi connectivity index (χ4n) is 1.89. The van der Waals surface area contributed by atoms with Crippen LogP contribution in [0.3, 0.4) is 0 Å². The molecule has 24 heavy (non-hydrogen) atoms. The van der Waals surface area contributed by atoms with Crippen molar-refractivity contribution in [1.82, 2.24) is 0 Å². The van der Waals surface area contributed by atoms with E-state index in [1.165, 1.54) is 27.7 Å². The highest BCUT2D eigenvalue weighted by Crippen LogP contribution is 2.43. The zero-order valence-electron chi connectivity index (χ0n) is 13.7. The molecule has 1 rings (SSSR count). The van der Waals surface area contributed by atoms with Gasteiger partial charge in [0.05, 0.1) is 16.3 Å². The van der Waals surface area contributed by atoms with E-state index >= 15 is 0 Å². The van der Waals surface area contributed by atoms with Crippen LogP contribution in [0.15, 0.2) is 6.07 Å². The molecule has 0 amide bonds. The smallest absolute Gasteiger partial charge is 0.371 e. The SMILES string of the molecule is CCC(=O)OC(O)(CC)Oc1c([N+](=O)[O-])cc(C)c(C)c1[N+](=O)[O-]. The van der Waals surface area contributed by atoms with Gasteiger partial charge in [-0.05, 0) is 19.4 Å². The molecular formula is C14H18N2O8. The molecule has 0 radical (unpaired) electrons. The third kappa shape index (κ3) is 3.96. The number of rotatable bonds is 7. The number of nitro benzene ring substituents is 2. The first-order chi connectivity index (χ1) is 11.1. The van der Waals surface area contributed by atoms with E-state index in [4.69, 9.17) is 9.47 Å². The molecular weight excluding hydrogens is 324 g/mol. The zero-order chi connectivity index (χ0) is 18.7. The number of nitrogens with zero attached hydrogens (tertiary/aromatic N) is 2. The molecule has 0 heterocycles. The molecule has 0 saturated heterocycles. The molecule has 1 aromatic carbocycles. The van der Waals surface area contributed by atoms with Crippen LogP contribution in [0.2, 0.25) is 0 Å². The van der Waals surface area contributed by atoms with Crippen LogP contribution in [0.25, 0.3) is 0 Å². The molecule has 0 spiro atoms. The van der Waals surface area contributed by atoms with Crippen molar-refractivity contribution in [3.05, 3.63) is 37.4 Å². The number of aliphatic hydroxyl groups is 1. The van der Waals surface area contributed by atoms with Crippen molar-refractivity contribution < 1.29 is 29.2 Å². The van der Waals surface area contributed by atoms with Crippen molar-refractivity contribution >= 4 is 17.3 Å². The van der Waals surface area contributed by atoms with E-state index < -0.39 is 38.9 Å². The van der Waals surface area contributed by atoms with Crippen molar-refractivity contribution in [3.8, 4) is 5.75 Å². The maximum absolute atomic E-state index is 11.4. The van der Waals surface area contributed by atoms with Crippen LogP contribution < -0.4 is 4.74 Å². The second-order valence-corrected chi connectivity index (χ2v) is 5.03. The first-order valence-corrected chi connectivity index (χ1v) is 7.12. The fourth-order valence-corrected chi connectivity index (χ4v) is 1.89. The van der Waals surface area contributed by atoms with Gasteiger partial charge in [-0.2, -0.15) is 0 Å². The first kappa shape index (κ1) is 19.3. The zero-order valence-corrected chi connectivity index (χ0v) is 13.7. The lowest BCUT2D eigenvalue weighted by atomic mass is 10.1. The van der Waals surface area contributed by atoms with Gasteiger partial charge in [0.25, 0.3) is 5.75 Å². The molecule has 10 heteroatoms. The predicted molar refractivity (Wildman–Crippen MR) is 81.5 cm³/mol. The van der Waals surface area contributed by atoms with Crippen LogP contribution >= 0.6 is 0 Å². The Hall–Kier alpha value is -2.75. The molecule has 0 aromatic heterocycles. The summed E-state index contributed by atoms with van der Waals surface area (Å²) in [5.74, 6) is -4.14. The molecule has 0 saturated carbocycles. The Labute approximate surface area is 137 Å². The van der Waals surface area contributed by atoms with Gasteiger partial charge in [-0.15, -0.1) is 0 Å². The summed E-state index contributed by atoms with van der Waals surface area (Å²) >= 11 is 0. The van der Waals surface area contributed by atoms with Crippen LogP contribution in [-0.4, -0.2) is 26.9 Å². The van der Waals surface area contributed by atoms with Crippen molar-refractivity contribution in [2.75, 3.05) is 0 Å². The lowest BCUT2D eigenvalue weighted by molar-refractivity contribution is -0.401. The summed E-state index contributed by atoms with van der Waals surface area (Å²) in [4.78, 5) is 32.3. The molecule has 0 aliphatic carbocycles. The van der Waals surface area contributed by atoms with Gasteiger partial charge >= 0.3 is 23.3 Å². The van der Waals surface area contributed by atoms with Crippen LogP contribution in [0.1, 0.15) is 37.8 Å². The number of esters is 1. The summed E-state index contributed by atoms with van der Waals surface area (Å²) in [6.07, 6.45) is -0.372. The summed E-state index contributed by atoms with van der Waals surface area (Å²) in [5.41, 5.74) is -0.919. The average Bonchev–Trinajstić information content (AvgIpc) is 2.49. The average molecular weight is 342 g/mol. The van der Waals surface area contributed by atoms with Gasteiger partial charge in [0.1, 0.15) is 0 Å². The Morgan fingerprint density at radius 1 is 1.25 bits per heavy atom. The third-order valence-electron chi connectivity index (χ3n) is 3.40. The Morgan fingerprint density at radius 2 is 1.83 bits per heavy atom. The minimum absolute atomic E-state index is 0.0806. The highest BCUT2D eigenvalue weighted by molar-refractivity contribution is 5.69. The highest BCUT2D eigenvalue weighted by Gasteiger charge is 2.40. The van der Waals surface area contributed by atoms with Gasteiger partial charge in [0.15, 0.2) is 0 Å². The van der Waals surface area contributed by atoms with Gasteiger partial charge in [-0.25, -0.2) is 0 Å². The van der Waals surface area contributed by atoms with Crippen LogP contribution in [0.5, 0.6) is 5.75 Å². The van der Waals surface area contributed by atoms with Crippen molar-refractivity contribution in [2.24, 2.45) is 0 Å². The maximum Gasteiger partial charge on any atom is 0.371 e. The minimum atomic E-state index is -2.55. The number of carbonyl (C=O) groups is 1. The van der Waals surface area contributed by atoms with Crippen molar-refractivity contribution in [2.45, 2.75) is 46.5 Å². The highest BCUT2D eigenvalue weighted by atomic mass is 16.8. The number of carbonyl (C=O) groups excluding carboxylic acids is 1. The third-order valence-corrected chi connectivity index (χ3v) is 3.40. The lowest BCUT2D eigenvalue weighted by Gasteiger charge is -2.26. The van der Waals surface area contributed by atoms with E-state index in [1.54, 1.807) is 0 Å². The molecule has 10 nitrogen and oxygen atoms in total. The summed E-state index contributed by atoms with van der Waals surface area (Å²) in [6, 6.07) is 1.09. The van der Waals surface area contributed by atoms with Gasteiger partial charge in [-0.3, -0.25) is 25.0 Å². The molecule has 0 bridgehead atoms. The van der Waals surface area contributed by atoms with Crippen LogP contribution in [0, 0.1) is 34.1 Å². The Bertz CT molecular complexity index is 688. The van der Waals surface area contributed by atoms with Crippen molar-refractivity contribution in [3.63, 3.8) is 0 Å². The largest absolute Gasteiger partial charge is 0.415 e. The van der Waals surface area contributed by atoms with E-state index in [0.717, 1.165) is 6.07 Å². The quantitative estimate of drug-likeness (QED) is 0.344. The van der Waals surface area contributed by atoms with E-state index in [9.17, 15) is 30.1 Å². The second-order valence-electron chi connectivity index (χ2n) is 5.03. The summed E-state index contributed by atoms with van der Waals surface area (Å²) in [7, 11) is 0. The number of hydrogen-bond acceptors (Lipinski definition) is 8. The lowest BCUT2D eigenvalue weighted by Crippen LogP contribution is -2.40. The van der Waals surface area contributed by atoms with E-state index in [-0.39, 0.29) is 18.4 Å². The number of benzene rings is 1. The van der Waals surface area contributed by atoms with Crippen LogP contribution in [-0.2, 0) is 9.53 Å². The standard InChI is InChI=1S/C14H18N2O8/c1-5-11(17)23-14(18,6-2)24-13-10(15(19)20)7-8(3)9(4)12(13)16(21)22/h7,18H,5-6H2,1-4H3. The molecule has 132 valence electrons. The second kappa shape index (κ2) is 7.21. The number of ether oxygens (including phenoxy) is 2. The van der Waals surface area contributed by atoms with E-state index in [1.807, 2.05) is 0 Å². The number of hydrogen-bond donors (Lipinski definition) is 1.